The molecule has 0 atom stereocenters. The summed E-state index contributed by atoms with van der Waals surface area (Å²) in [5.41, 5.74) is 3.59. The molecule has 0 aliphatic rings. The molecule has 0 fully saturated rings. The molecule has 3 rings (SSSR count). The number of anilines is 4. The summed E-state index contributed by atoms with van der Waals surface area (Å²) in [7, 11) is 0. The number of halogens is 1. The van der Waals surface area contributed by atoms with Crippen LogP contribution < -0.4 is 10.6 Å². The Hall–Kier alpha value is -3.02. The van der Waals surface area contributed by atoms with E-state index in [-0.39, 0.29) is 5.82 Å². The van der Waals surface area contributed by atoms with E-state index < -0.39 is 0 Å². The van der Waals surface area contributed by atoms with Crippen LogP contribution in [0.3, 0.4) is 0 Å². The zero-order valence-corrected chi connectivity index (χ0v) is 14.4. The molecule has 0 aliphatic carbocycles. The fourth-order valence-electron chi connectivity index (χ4n) is 2.57. The van der Waals surface area contributed by atoms with E-state index in [2.05, 4.69) is 45.7 Å². The number of aryl methyl sites for hydroxylation is 1. The molecular formula is C19H20FN5. The van der Waals surface area contributed by atoms with Crippen LogP contribution in [0.15, 0.2) is 48.7 Å². The summed E-state index contributed by atoms with van der Waals surface area (Å²) in [6.45, 7) is 6.30. The average Bonchev–Trinajstić information content (AvgIpc) is 2.59. The smallest absolute Gasteiger partial charge is 0.249 e. The van der Waals surface area contributed by atoms with Crippen LogP contribution in [0.25, 0.3) is 0 Å². The van der Waals surface area contributed by atoms with Gasteiger partial charge in [0.05, 0.1) is 11.9 Å². The largest absolute Gasteiger partial charge is 0.336 e. The Bertz CT molecular complexity index is 879. The summed E-state index contributed by atoms with van der Waals surface area (Å²) < 4.78 is 13.8. The van der Waals surface area contributed by atoms with E-state index >= 15 is 0 Å². The predicted octanol–water partition coefficient (Wildman–Crippen LogP) is 4.93. The first-order chi connectivity index (χ1) is 12.0. The lowest BCUT2D eigenvalue weighted by atomic mass is 9.98. The third kappa shape index (κ3) is 3.91. The molecular weight excluding hydrogens is 317 g/mol. The molecule has 1 aromatic heterocycles. The number of rotatable bonds is 5. The maximum absolute atomic E-state index is 13.8. The summed E-state index contributed by atoms with van der Waals surface area (Å²) >= 11 is 0. The van der Waals surface area contributed by atoms with E-state index in [1.165, 1.54) is 17.8 Å². The molecule has 25 heavy (non-hydrogen) atoms. The zero-order chi connectivity index (χ0) is 17.8. The van der Waals surface area contributed by atoms with Crippen molar-refractivity contribution in [1.82, 2.24) is 15.2 Å². The molecule has 1 heterocycles. The molecule has 0 unspecified atom stereocenters. The van der Waals surface area contributed by atoms with Crippen LogP contribution in [0, 0.1) is 12.7 Å². The summed E-state index contributed by atoms with van der Waals surface area (Å²) in [6, 6.07) is 12.6. The topological polar surface area (TPSA) is 62.7 Å². The van der Waals surface area contributed by atoms with Gasteiger partial charge in [-0.25, -0.2) is 4.39 Å². The van der Waals surface area contributed by atoms with Crippen molar-refractivity contribution >= 4 is 23.1 Å². The first-order valence-electron chi connectivity index (χ1n) is 8.12. The van der Waals surface area contributed by atoms with Gasteiger partial charge in [-0.15, -0.1) is 5.10 Å². The van der Waals surface area contributed by atoms with Gasteiger partial charge in [0.2, 0.25) is 5.95 Å². The Balaban J connectivity index is 1.87. The van der Waals surface area contributed by atoms with Crippen LogP contribution >= 0.6 is 0 Å². The van der Waals surface area contributed by atoms with Gasteiger partial charge in [0.15, 0.2) is 5.82 Å². The van der Waals surface area contributed by atoms with E-state index in [9.17, 15) is 4.39 Å². The van der Waals surface area contributed by atoms with Gasteiger partial charge in [0.1, 0.15) is 5.82 Å². The third-order valence-electron chi connectivity index (χ3n) is 3.86. The SMILES string of the molecule is Cc1cccc(C(C)C)c1Nc1nncc(Nc2ccccc2F)n1. The predicted molar refractivity (Wildman–Crippen MR) is 98.1 cm³/mol. The minimum Gasteiger partial charge on any atom is -0.336 e. The van der Waals surface area contributed by atoms with Crippen LogP contribution in [-0.2, 0) is 0 Å². The highest BCUT2D eigenvalue weighted by Gasteiger charge is 2.11. The second kappa shape index (κ2) is 7.25. The van der Waals surface area contributed by atoms with Crippen molar-refractivity contribution in [3.63, 3.8) is 0 Å². The fourth-order valence-corrected chi connectivity index (χ4v) is 2.57. The molecule has 2 N–H and O–H groups in total. The maximum Gasteiger partial charge on any atom is 0.249 e. The van der Waals surface area contributed by atoms with Gasteiger partial charge in [0.25, 0.3) is 0 Å². The molecule has 128 valence electrons. The third-order valence-corrected chi connectivity index (χ3v) is 3.86. The standard InChI is InChI=1S/C19H20FN5/c1-12(2)14-8-6-7-13(3)18(14)24-19-23-17(11-21-25-19)22-16-10-5-4-9-15(16)20/h4-12H,1-3H3,(H2,22,23,24,25). The van der Waals surface area contributed by atoms with Crippen molar-refractivity contribution in [2.24, 2.45) is 0 Å². The first kappa shape index (κ1) is 16.8. The van der Waals surface area contributed by atoms with Crippen molar-refractivity contribution in [2.45, 2.75) is 26.7 Å². The van der Waals surface area contributed by atoms with Crippen molar-refractivity contribution in [2.75, 3.05) is 10.6 Å². The van der Waals surface area contributed by atoms with E-state index in [0.29, 0.717) is 23.4 Å². The fraction of sp³-hybridized carbons (Fsp3) is 0.211. The number of para-hydroxylation sites is 2. The Morgan fingerprint density at radius 2 is 1.80 bits per heavy atom. The number of benzene rings is 2. The average molecular weight is 337 g/mol. The minimum absolute atomic E-state index is 0.340. The quantitative estimate of drug-likeness (QED) is 0.691. The summed E-state index contributed by atoms with van der Waals surface area (Å²) in [5.74, 6) is 0.784. The maximum atomic E-state index is 13.8. The lowest BCUT2D eigenvalue weighted by Gasteiger charge is -2.16. The summed E-state index contributed by atoms with van der Waals surface area (Å²) in [5, 5.41) is 14.2. The molecule has 0 amide bonds. The molecule has 0 bridgehead atoms. The van der Waals surface area contributed by atoms with Crippen molar-refractivity contribution in [1.29, 1.82) is 0 Å². The first-order valence-corrected chi connectivity index (χ1v) is 8.12. The van der Waals surface area contributed by atoms with Crippen molar-refractivity contribution < 1.29 is 4.39 Å². The second-order valence-electron chi connectivity index (χ2n) is 6.09. The van der Waals surface area contributed by atoms with E-state index in [4.69, 9.17) is 0 Å². The van der Waals surface area contributed by atoms with Crippen LogP contribution in [0.5, 0.6) is 0 Å². The molecule has 0 radical (unpaired) electrons. The lowest BCUT2D eigenvalue weighted by Crippen LogP contribution is -2.06. The Kier molecular flexibility index (Phi) is 4.88. The van der Waals surface area contributed by atoms with Gasteiger partial charge in [-0.3, -0.25) is 0 Å². The van der Waals surface area contributed by atoms with Gasteiger partial charge < -0.3 is 10.6 Å². The molecule has 0 aliphatic heterocycles. The Morgan fingerprint density at radius 3 is 2.56 bits per heavy atom. The van der Waals surface area contributed by atoms with E-state index in [1.807, 2.05) is 19.1 Å². The van der Waals surface area contributed by atoms with Crippen LogP contribution in [0.2, 0.25) is 0 Å². The normalized spacial score (nSPS) is 10.8. The van der Waals surface area contributed by atoms with Gasteiger partial charge >= 0.3 is 0 Å². The van der Waals surface area contributed by atoms with E-state index in [1.54, 1.807) is 18.2 Å². The Morgan fingerprint density at radius 1 is 1.00 bits per heavy atom. The monoisotopic (exact) mass is 337 g/mol. The van der Waals surface area contributed by atoms with Crippen molar-refractivity contribution in [3.05, 3.63) is 65.6 Å². The number of hydrogen-bond donors (Lipinski definition) is 2. The number of aromatic nitrogens is 3. The molecule has 5 nitrogen and oxygen atoms in total. The van der Waals surface area contributed by atoms with Crippen LogP contribution in [-0.4, -0.2) is 15.2 Å². The Labute approximate surface area is 146 Å². The molecule has 2 aromatic carbocycles. The molecule has 0 saturated carbocycles. The highest BCUT2D eigenvalue weighted by molar-refractivity contribution is 5.65. The molecule has 3 aromatic rings. The highest BCUT2D eigenvalue weighted by atomic mass is 19.1. The molecule has 6 heteroatoms. The number of nitrogens with zero attached hydrogens (tertiary/aromatic N) is 3. The zero-order valence-electron chi connectivity index (χ0n) is 14.4. The van der Waals surface area contributed by atoms with Crippen LogP contribution in [0.4, 0.5) is 27.5 Å². The number of hydrogen-bond acceptors (Lipinski definition) is 5. The molecule has 0 saturated heterocycles. The van der Waals surface area contributed by atoms with Gasteiger partial charge in [-0.1, -0.05) is 44.2 Å². The lowest BCUT2D eigenvalue weighted by molar-refractivity contribution is 0.632. The van der Waals surface area contributed by atoms with Crippen LogP contribution in [0.1, 0.15) is 30.9 Å². The highest BCUT2D eigenvalue weighted by Crippen LogP contribution is 2.29. The van der Waals surface area contributed by atoms with E-state index in [0.717, 1.165) is 11.3 Å². The van der Waals surface area contributed by atoms with Gasteiger partial charge in [-0.05, 0) is 36.1 Å². The second-order valence-corrected chi connectivity index (χ2v) is 6.09. The molecule has 0 spiro atoms. The van der Waals surface area contributed by atoms with Gasteiger partial charge in [0, 0.05) is 5.69 Å². The number of nitrogens with one attached hydrogen (secondary N) is 2. The summed E-state index contributed by atoms with van der Waals surface area (Å²) in [6.07, 6.45) is 1.46. The van der Waals surface area contributed by atoms with Gasteiger partial charge in [-0.2, -0.15) is 10.1 Å². The summed E-state index contributed by atoms with van der Waals surface area (Å²) in [4.78, 5) is 4.38. The minimum atomic E-state index is -0.350. The van der Waals surface area contributed by atoms with Crippen molar-refractivity contribution in [3.8, 4) is 0 Å².